The Hall–Kier alpha value is -3.07. The van der Waals surface area contributed by atoms with Gasteiger partial charge >= 0.3 is 0 Å². The highest BCUT2D eigenvalue weighted by molar-refractivity contribution is 7.22. The molecule has 4 rings (SSSR count). The zero-order valence-corrected chi connectivity index (χ0v) is 15.7. The van der Waals surface area contributed by atoms with Gasteiger partial charge in [0.1, 0.15) is 17.0 Å². The average molecular weight is 400 g/mol. The first-order valence-electron chi connectivity index (χ1n) is 8.93. The fourth-order valence-corrected chi connectivity index (χ4v) is 4.23. The Bertz CT molecular complexity index is 1060. The molecule has 1 saturated heterocycles. The van der Waals surface area contributed by atoms with E-state index in [0.717, 1.165) is 43.7 Å². The van der Waals surface area contributed by atoms with Gasteiger partial charge in [-0.15, -0.1) is 0 Å². The van der Waals surface area contributed by atoms with Gasteiger partial charge in [0.05, 0.1) is 9.62 Å². The van der Waals surface area contributed by atoms with Gasteiger partial charge in [0.15, 0.2) is 5.13 Å². The van der Waals surface area contributed by atoms with Gasteiger partial charge in [0.25, 0.3) is 11.6 Å². The number of hydrogen-bond donors (Lipinski definition) is 1. The van der Waals surface area contributed by atoms with Crippen LogP contribution in [0.3, 0.4) is 0 Å². The van der Waals surface area contributed by atoms with Crippen LogP contribution in [-0.2, 0) is 0 Å². The molecule has 0 spiro atoms. The number of nitro benzene ring substituents is 1. The Kier molecular flexibility index (Phi) is 4.91. The van der Waals surface area contributed by atoms with Gasteiger partial charge in [-0.1, -0.05) is 17.4 Å². The molecule has 7 nitrogen and oxygen atoms in total. The van der Waals surface area contributed by atoms with E-state index in [9.17, 15) is 19.3 Å². The molecule has 9 heteroatoms. The third kappa shape index (κ3) is 3.53. The van der Waals surface area contributed by atoms with Gasteiger partial charge in [-0.2, -0.15) is 0 Å². The topological polar surface area (TPSA) is 88.4 Å². The molecule has 2 heterocycles. The van der Waals surface area contributed by atoms with Crippen molar-refractivity contribution in [1.82, 2.24) is 4.98 Å². The highest BCUT2D eigenvalue weighted by Crippen LogP contribution is 2.32. The number of carbonyl (C=O) groups is 1. The predicted molar refractivity (Wildman–Crippen MR) is 107 cm³/mol. The quantitative estimate of drug-likeness (QED) is 0.511. The number of amides is 1. The molecular formula is C19H17FN4O3S. The van der Waals surface area contributed by atoms with Crippen molar-refractivity contribution in [2.75, 3.05) is 23.3 Å². The number of benzene rings is 2. The molecule has 0 unspecified atom stereocenters. The number of hydrogen-bond acceptors (Lipinski definition) is 6. The second-order valence-electron chi connectivity index (χ2n) is 6.57. The third-order valence-corrected chi connectivity index (χ3v) is 5.66. The highest BCUT2D eigenvalue weighted by Gasteiger charge is 2.23. The van der Waals surface area contributed by atoms with Gasteiger partial charge in [-0.3, -0.25) is 20.2 Å². The van der Waals surface area contributed by atoms with Gasteiger partial charge in [0, 0.05) is 24.7 Å². The van der Waals surface area contributed by atoms with Crippen LogP contribution in [0.1, 0.15) is 29.6 Å². The van der Waals surface area contributed by atoms with Crippen LogP contribution in [0.4, 0.5) is 20.9 Å². The maximum atomic E-state index is 13.8. The summed E-state index contributed by atoms with van der Waals surface area (Å²) in [5.74, 6) is -0.983. The van der Waals surface area contributed by atoms with Crippen LogP contribution >= 0.6 is 11.3 Å². The van der Waals surface area contributed by atoms with Crippen LogP contribution in [0, 0.1) is 15.9 Å². The van der Waals surface area contributed by atoms with Gasteiger partial charge in [-0.05, 0) is 43.5 Å². The Morgan fingerprint density at radius 3 is 2.71 bits per heavy atom. The molecule has 3 aromatic rings. The van der Waals surface area contributed by atoms with Gasteiger partial charge in [0.2, 0.25) is 0 Å². The minimum absolute atomic E-state index is 0.0927. The summed E-state index contributed by atoms with van der Waals surface area (Å²) in [6.45, 7) is 1.54. The normalized spacial score (nSPS) is 14.2. The highest BCUT2D eigenvalue weighted by atomic mass is 32.1. The standard InChI is InChI=1S/C19H17FN4O3S/c20-13-5-4-6-16-17(13)21-19(28-16)22-18(25)12-7-8-14(15(11-12)24(26)27)23-9-2-1-3-10-23/h4-8,11H,1-3,9-10H2,(H,21,22,25). The fraction of sp³-hybridized carbons (Fsp3) is 0.263. The Labute approximate surface area is 164 Å². The molecule has 144 valence electrons. The smallest absolute Gasteiger partial charge is 0.293 e. The van der Waals surface area contributed by atoms with Crippen LogP contribution in [0.5, 0.6) is 0 Å². The minimum atomic E-state index is -0.521. The fourth-order valence-electron chi connectivity index (χ4n) is 3.35. The van der Waals surface area contributed by atoms with E-state index in [2.05, 4.69) is 10.3 Å². The number of rotatable bonds is 4. The second-order valence-corrected chi connectivity index (χ2v) is 7.60. The lowest BCUT2D eigenvalue weighted by Gasteiger charge is -2.28. The first-order chi connectivity index (χ1) is 13.5. The van der Waals surface area contributed by atoms with Crippen molar-refractivity contribution >= 4 is 44.0 Å². The maximum absolute atomic E-state index is 13.8. The second kappa shape index (κ2) is 7.51. The lowest BCUT2D eigenvalue weighted by molar-refractivity contribution is -0.384. The zero-order valence-electron chi connectivity index (χ0n) is 14.9. The number of nitrogens with one attached hydrogen (secondary N) is 1. The maximum Gasteiger partial charge on any atom is 0.293 e. The van der Waals surface area contributed by atoms with Crippen molar-refractivity contribution in [3.63, 3.8) is 0 Å². The van der Waals surface area contributed by atoms with Gasteiger partial charge in [-0.25, -0.2) is 9.37 Å². The molecule has 1 aliphatic heterocycles. The van der Waals surface area contributed by atoms with Crippen molar-refractivity contribution in [2.45, 2.75) is 19.3 Å². The molecule has 0 aliphatic carbocycles. The van der Waals surface area contributed by atoms with E-state index in [1.165, 1.54) is 12.1 Å². The summed E-state index contributed by atoms with van der Waals surface area (Å²) in [5.41, 5.74) is 0.787. The van der Waals surface area contributed by atoms with Crippen LogP contribution < -0.4 is 10.2 Å². The van der Waals surface area contributed by atoms with Gasteiger partial charge < -0.3 is 4.90 Å². The number of carbonyl (C=O) groups excluding carboxylic acids is 1. The summed E-state index contributed by atoms with van der Waals surface area (Å²) < 4.78 is 14.4. The molecule has 2 aromatic carbocycles. The lowest BCUT2D eigenvalue weighted by atomic mass is 10.1. The summed E-state index contributed by atoms with van der Waals surface area (Å²) in [5, 5.41) is 14.4. The number of aromatic nitrogens is 1. The Morgan fingerprint density at radius 1 is 1.21 bits per heavy atom. The molecule has 1 aliphatic rings. The minimum Gasteiger partial charge on any atom is -0.366 e. The molecule has 28 heavy (non-hydrogen) atoms. The molecule has 1 aromatic heterocycles. The van der Waals surface area contributed by atoms with Crippen molar-refractivity contribution in [2.24, 2.45) is 0 Å². The molecule has 0 bridgehead atoms. The number of fused-ring (bicyclic) bond motifs is 1. The summed E-state index contributed by atoms with van der Waals surface area (Å²) in [6.07, 6.45) is 3.11. The van der Waals surface area contributed by atoms with Crippen LogP contribution in [0.25, 0.3) is 10.2 Å². The molecule has 0 radical (unpaired) electrons. The number of nitro groups is 1. The predicted octanol–water partition coefficient (Wildman–Crippen LogP) is 4.59. The Morgan fingerprint density at radius 2 is 2.00 bits per heavy atom. The lowest BCUT2D eigenvalue weighted by Crippen LogP contribution is -2.30. The van der Waals surface area contributed by atoms with Crippen LogP contribution in [-0.4, -0.2) is 28.9 Å². The van der Waals surface area contributed by atoms with Crippen molar-refractivity contribution in [1.29, 1.82) is 0 Å². The third-order valence-electron chi connectivity index (χ3n) is 4.72. The van der Waals surface area contributed by atoms with E-state index in [-0.39, 0.29) is 21.9 Å². The molecule has 0 saturated carbocycles. The summed E-state index contributed by atoms with van der Waals surface area (Å²) >= 11 is 1.15. The summed E-state index contributed by atoms with van der Waals surface area (Å²) in [4.78, 5) is 29.7. The monoisotopic (exact) mass is 400 g/mol. The average Bonchev–Trinajstić information content (AvgIpc) is 3.12. The number of piperidine rings is 1. The summed E-state index contributed by atoms with van der Waals surface area (Å²) in [6, 6.07) is 9.06. The van der Waals surface area contributed by atoms with E-state index in [1.807, 2.05) is 4.90 Å². The Balaban J connectivity index is 1.60. The van der Waals surface area contributed by atoms with E-state index in [1.54, 1.807) is 24.3 Å². The van der Waals surface area contributed by atoms with Crippen LogP contribution in [0.2, 0.25) is 0 Å². The number of halogens is 1. The SMILES string of the molecule is O=C(Nc1nc2c(F)cccc2s1)c1ccc(N2CCCCC2)c([N+](=O)[O-])c1. The first kappa shape index (κ1) is 18.3. The number of thiazole rings is 1. The molecule has 1 N–H and O–H groups in total. The van der Waals surface area contributed by atoms with Crippen LogP contribution in [0.15, 0.2) is 36.4 Å². The van der Waals surface area contributed by atoms with E-state index in [4.69, 9.17) is 0 Å². The van der Waals surface area contributed by atoms with Crippen molar-refractivity contribution in [3.8, 4) is 0 Å². The number of nitrogens with zero attached hydrogens (tertiary/aromatic N) is 3. The zero-order chi connectivity index (χ0) is 19.7. The molecule has 1 amide bonds. The number of anilines is 2. The van der Waals surface area contributed by atoms with E-state index in [0.29, 0.717) is 10.4 Å². The molecular weight excluding hydrogens is 383 g/mol. The summed E-state index contributed by atoms with van der Waals surface area (Å²) in [7, 11) is 0. The van der Waals surface area contributed by atoms with Crippen molar-refractivity contribution in [3.05, 3.63) is 57.9 Å². The molecule has 1 fully saturated rings. The number of para-hydroxylation sites is 1. The first-order valence-corrected chi connectivity index (χ1v) is 9.74. The van der Waals surface area contributed by atoms with E-state index >= 15 is 0 Å². The largest absolute Gasteiger partial charge is 0.366 e. The van der Waals surface area contributed by atoms with E-state index < -0.39 is 16.6 Å². The van der Waals surface area contributed by atoms with Crippen molar-refractivity contribution < 1.29 is 14.1 Å². The molecule has 0 atom stereocenters.